The van der Waals surface area contributed by atoms with E-state index in [1.807, 2.05) is 11.5 Å². The molecular weight excluding hydrogens is 388 g/mol. The molecule has 2 rings (SSSR count). The minimum atomic E-state index is -4.44. The number of rotatable bonds is 6. The van der Waals surface area contributed by atoms with Gasteiger partial charge in [0.1, 0.15) is 5.75 Å². The van der Waals surface area contributed by atoms with Gasteiger partial charge in [0, 0.05) is 0 Å². The Labute approximate surface area is 150 Å². The van der Waals surface area contributed by atoms with Crippen molar-refractivity contribution in [3.05, 3.63) is 54.1 Å². The fraction of sp³-hybridized carbons (Fsp3) is 0.0714. The minimum Gasteiger partial charge on any atom is -0.496 e. The first-order chi connectivity index (χ1) is 12.1. The number of carbonyl (C=O) groups is 1. The Kier molecular flexibility index (Phi) is 7.67. The van der Waals surface area contributed by atoms with Crippen LogP contribution in [0.5, 0.6) is 5.75 Å². The molecule has 12 heteroatoms. The molecule has 0 radical (unpaired) electrons. The van der Waals surface area contributed by atoms with Crippen LogP contribution < -0.4 is 15.0 Å². The molecule has 0 aromatic heterocycles. The molecular formula is C14H16N2O8S2. The van der Waals surface area contributed by atoms with Crippen molar-refractivity contribution in [1.29, 1.82) is 0 Å². The van der Waals surface area contributed by atoms with Crippen molar-refractivity contribution in [3.8, 4) is 5.75 Å². The molecule has 0 saturated carbocycles. The number of carbonyl (C=O) groups excluding carboxylic acids is 1. The Morgan fingerprint density at radius 2 is 1.65 bits per heavy atom. The smallest absolute Gasteiger partial charge is 0.350 e. The van der Waals surface area contributed by atoms with Crippen LogP contribution in [0, 0.1) is 0 Å². The molecule has 142 valence electrons. The van der Waals surface area contributed by atoms with Gasteiger partial charge in [0.05, 0.1) is 23.3 Å². The molecule has 0 unspecified atom stereocenters. The van der Waals surface area contributed by atoms with Crippen LogP contribution in [0.1, 0.15) is 10.4 Å². The maximum absolute atomic E-state index is 10.7. The van der Waals surface area contributed by atoms with Crippen molar-refractivity contribution in [3.63, 3.8) is 0 Å². The number of aldehydes is 1. The van der Waals surface area contributed by atoms with Gasteiger partial charge in [-0.05, 0) is 30.3 Å². The van der Waals surface area contributed by atoms with Crippen molar-refractivity contribution >= 4 is 32.4 Å². The molecule has 4 N–H and O–H groups in total. The molecule has 0 aliphatic rings. The van der Waals surface area contributed by atoms with E-state index in [-0.39, 0.29) is 5.69 Å². The first-order valence-electron chi connectivity index (χ1n) is 6.73. The van der Waals surface area contributed by atoms with Crippen LogP contribution in [0.4, 0.5) is 5.69 Å². The summed E-state index contributed by atoms with van der Waals surface area (Å²) in [5.74, 6) is 0.623. The highest BCUT2D eigenvalue weighted by molar-refractivity contribution is 7.85. The van der Waals surface area contributed by atoms with Crippen LogP contribution in [0.2, 0.25) is 0 Å². The maximum Gasteiger partial charge on any atom is 0.350 e. The molecule has 0 aliphatic heterocycles. The van der Waals surface area contributed by atoms with Gasteiger partial charge in [-0.15, -0.1) is 4.83 Å². The Balaban J connectivity index is 0.000000289. The Morgan fingerprint density at radius 1 is 1.00 bits per heavy atom. The predicted molar refractivity (Wildman–Crippen MR) is 92.9 cm³/mol. The summed E-state index contributed by atoms with van der Waals surface area (Å²) in [6, 6.07) is 11.8. The molecule has 0 spiro atoms. The lowest BCUT2D eigenvalue weighted by Crippen LogP contribution is -2.28. The lowest BCUT2D eigenvalue weighted by molar-refractivity contribution is 0.112. The highest BCUT2D eigenvalue weighted by Crippen LogP contribution is 2.14. The summed E-state index contributed by atoms with van der Waals surface area (Å²) in [5.41, 5.74) is 2.66. The van der Waals surface area contributed by atoms with Crippen molar-refractivity contribution in [2.24, 2.45) is 0 Å². The van der Waals surface area contributed by atoms with E-state index in [9.17, 15) is 21.6 Å². The van der Waals surface area contributed by atoms with Gasteiger partial charge >= 0.3 is 10.3 Å². The monoisotopic (exact) mass is 404 g/mol. The lowest BCUT2D eigenvalue weighted by atomic mass is 10.2. The highest BCUT2D eigenvalue weighted by Gasteiger charge is 2.10. The maximum atomic E-state index is 10.7. The molecule has 0 heterocycles. The van der Waals surface area contributed by atoms with E-state index in [1.165, 1.54) is 17.0 Å². The number of methoxy groups -OCH3 is 1. The van der Waals surface area contributed by atoms with Crippen LogP contribution in [0.25, 0.3) is 0 Å². The van der Waals surface area contributed by atoms with Gasteiger partial charge in [-0.2, -0.15) is 16.8 Å². The third-order valence-corrected chi connectivity index (χ3v) is 3.93. The number of hydrazine groups is 1. The predicted octanol–water partition coefficient (Wildman–Crippen LogP) is 1.16. The van der Waals surface area contributed by atoms with E-state index in [1.54, 1.807) is 25.3 Å². The topological polar surface area (TPSA) is 159 Å². The van der Waals surface area contributed by atoms with Gasteiger partial charge in [0.25, 0.3) is 10.1 Å². The van der Waals surface area contributed by atoms with Crippen LogP contribution in [0.15, 0.2) is 53.4 Å². The molecule has 0 atom stereocenters. The third kappa shape index (κ3) is 7.58. The van der Waals surface area contributed by atoms with Crippen molar-refractivity contribution in [2.45, 2.75) is 4.90 Å². The van der Waals surface area contributed by atoms with Crippen LogP contribution >= 0.6 is 0 Å². The summed E-state index contributed by atoms with van der Waals surface area (Å²) >= 11 is 0. The summed E-state index contributed by atoms with van der Waals surface area (Å²) < 4.78 is 64.0. The molecule has 2 aromatic carbocycles. The number of hydrogen-bond donors (Lipinski definition) is 4. The largest absolute Gasteiger partial charge is 0.496 e. The summed E-state index contributed by atoms with van der Waals surface area (Å²) in [4.78, 5) is 11.4. The van der Waals surface area contributed by atoms with Crippen molar-refractivity contribution < 1.29 is 35.5 Å². The first-order valence-corrected chi connectivity index (χ1v) is 9.61. The molecule has 0 bridgehead atoms. The number of hydrogen-bond acceptors (Lipinski definition) is 7. The lowest BCUT2D eigenvalue weighted by Gasteiger charge is -2.06. The Hall–Kier alpha value is -2.51. The van der Waals surface area contributed by atoms with Gasteiger partial charge in [0.2, 0.25) is 0 Å². The minimum absolute atomic E-state index is 0.0350. The van der Waals surface area contributed by atoms with Gasteiger partial charge in [-0.3, -0.25) is 13.9 Å². The Morgan fingerprint density at radius 3 is 2.15 bits per heavy atom. The second-order valence-electron chi connectivity index (χ2n) is 4.56. The van der Waals surface area contributed by atoms with Crippen molar-refractivity contribution in [2.75, 3.05) is 12.5 Å². The first kappa shape index (κ1) is 21.5. The average molecular weight is 404 g/mol. The Bertz CT molecular complexity index is 958. The van der Waals surface area contributed by atoms with E-state index in [0.29, 0.717) is 11.3 Å². The standard InChI is InChI=1S/C8H8O2.C6H8N2O6S2/c1-10-8-5-3-2-4-7(8)6-9;9-15(10,11)6-3-1-2-5(4-6)7-8-16(12,13)14/h2-6H,1H3;1-4,7-8H,(H,9,10,11)(H,12,13,14). The quantitative estimate of drug-likeness (QED) is 0.315. The van der Waals surface area contributed by atoms with E-state index in [0.717, 1.165) is 18.4 Å². The number of para-hydroxylation sites is 1. The van der Waals surface area contributed by atoms with Crippen LogP contribution in [0.3, 0.4) is 0 Å². The summed E-state index contributed by atoms with van der Waals surface area (Å²) in [6.07, 6.45) is 0.777. The summed E-state index contributed by atoms with van der Waals surface area (Å²) in [7, 11) is -7.26. The molecule has 26 heavy (non-hydrogen) atoms. The normalized spacial score (nSPS) is 11.0. The zero-order chi connectivity index (χ0) is 19.8. The summed E-state index contributed by atoms with van der Waals surface area (Å²) in [6.45, 7) is 0. The molecule has 0 fully saturated rings. The average Bonchev–Trinajstić information content (AvgIpc) is 2.59. The second-order valence-corrected chi connectivity index (χ2v) is 7.14. The van der Waals surface area contributed by atoms with E-state index < -0.39 is 25.3 Å². The van der Waals surface area contributed by atoms with Gasteiger partial charge in [-0.25, -0.2) is 0 Å². The third-order valence-electron chi connectivity index (χ3n) is 2.72. The zero-order valence-electron chi connectivity index (χ0n) is 13.4. The van der Waals surface area contributed by atoms with Gasteiger partial charge in [0.15, 0.2) is 6.29 Å². The van der Waals surface area contributed by atoms with Crippen LogP contribution in [-0.4, -0.2) is 39.3 Å². The number of nitrogens with one attached hydrogen (secondary N) is 2. The van der Waals surface area contributed by atoms with Gasteiger partial charge < -0.3 is 10.2 Å². The van der Waals surface area contributed by atoms with Gasteiger partial charge in [-0.1, -0.05) is 18.2 Å². The number of ether oxygens (including phenoxy) is 1. The summed E-state index contributed by atoms with van der Waals surface area (Å²) in [5, 5.41) is 0. The number of anilines is 1. The zero-order valence-corrected chi connectivity index (χ0v) is 15.0. The highest BCUT2D eigenvalue weighted by atomic mass is 32.2. The molecule has 10 nitrogen and oxygen atoms in total. The SMILES string of the molecule is COc1ccccc1C=O.O=S(=O)(O)NNc1cccc(S(=O)(=O)O)c1. The number of benzene rings is 2. The fourth-order valence-electron chi connectivity index (χ4n) is 1.62. The second kappa shape index (κ2) is 9.26. The molecule has 0 saturated heterocycles. The van der Waals surface area contributed by atoms with Crippen LogP contribution in [-0.2, 0) is 20.4 Å². The molecule has 0 amide bonds. The van der Waals surface area contributed by atoms with E-state index in [2.05, 4.69) is 0 Å². The molecule has 0 aliphatic carbocycles. The van der Waals surface area contributed by atoms with E-state index >= 15 is 0 Å². The van der Waals surface area contributed by atoms with E-state index in [4.69, 9.17) is 13.8 Å². The van der Waals surface area contributed by atoms with Crippen molar-refractivity contribution in [1.82, 2.24) is 4.83 Å². The molecule has 2 aromatic rings. The fourth-order valence-corrected chi connectivity index (χ4v) is 2.39.